The van der Waals surface area contributed by atoms with Crippen LogP contribution in [0.4, 0.5) is 4.79 Å². The van der Waals surface area contributed by atoms with Gasteiger partial charge in [-0.05, 0) is 29.7 Å². The molecule has 1 fully saturated rings. The van der Waals surface area contributed by atoms with Gasteiger partial charge in [-0.15, -0.1) is 0 Å². The molecule has 2 aromatic rings. The van der Waals surface area contributed by atoms with E-state index in [9.17, 15) is 14.4 Å². The lowest BCUT2D eigenvalue weighted by Crippen LogP contribution is -2.45. The van der Waals surface area contributed by atoms with Gasteiger partial charge in [-0.2, -0.15) is 0 Å². The van der Waals surface area contributed by atoms with E-state index >= 15 is 0 Å². The van der Waals surface area contributed by atoms with Crippen molar-refractivity contribution in [2.75, 3.05) is 20.7 Å². The van der Waals surface area contributed by atoms with E-state index in [4.69, 9.17) is 4.74 Å². The largest absolute Gasteiger partial charge is 0.497 e. The number of urea groups is 1. The molecule has 0 aliphatic carbocycles. The topological polar surface area (TPSA) is 79.0 Å². The normalized spacial score (nSPS) is 18.3. The summed E-state index contributed by atoms with van der Waals surface area (Å²) < 4.78 is 5.21. The summed E-state index contributed by atoms with van der Waals surface area (Å²) in [5, 5.41) is 2.84. The number of carbonyl (C=O) groups excluding carboxylic acids is 3. The number of amides is 4. The minimum absolute atomic E-state index is 0.302. The molecule has 7 nitrogen and oxygen atoms in total. The first-order valence-corrected chi connectivity index (χ1v) is 9.98. The fourth-order valence-corrected chi connectivity index (χ4v) is 3.77. The van der Waals surface area contributed by atoms with Crippen molar-refractivity contribution in [1.29, 1.82) is 0 Å². The lowest BCUT2D eigenvalue weighted by molar-refractivity contribution is -0.139. The Kier molecular flexibility index (Phi) is 6.40. The molecule has 3 rings (SSSR count). The van der Waals surface area contributed by atoms with Crippen molar-refractivity contribution >= 4 is 17.8 Å². The van der Waals surface area contributed by atoms with E-state index in [1.54, 1.807) is 14.2 Å². The molecule has 0 saturated carbocycles. The zero-order chi connectivity index (χ0) is 21.7. The number of carbonyl (C=O) groups is 3. The van der Waals surface area contributed by atoms with Crippen molar-refractivity contribution in [2.45, 2.75) is 31.8 Å². The highest BCUT2D eigenvalue weighted by Gasteiger charge is 2.52. The average molecular weight is 409 g/mol. The van der Waals surface area contributed by atoms with E-state index in [1.165, 1.54) is 4.90 Å². The Labute approximate surface area is 176 Å². The smallest absolute Gasteiger partial charge is 0.325 e. The minimum atomic E-state index is -1.13. The summed E-state index contributed by atoms with van der Waals surface area (Å²) in [6.45, 7) is 2.00. The lowest BCUT2D eigenvalue weighted by atomic mass is 9.85. The van der Waals surface area contributed by atoms with Crippen LogP contribution < -0.4 is 10.1 Å². The van der Waals surface area contributed by atoms with E-state index < -0.39 is 11.6 Å². The van der Waals surface area contributed by atoms with Gasteiger partial charge in [-0.25, -0.2) is 4.79 Å². The fourth-order valence-electron chi connectivity index (χ4n) is 3.77. The molecule has 1 unspecified atom stereocenters. The molecule has 158 valence electrons. The molecule has 1 saturated heterocycles. The zero-order valence-electron chi connectivity index (χ0n) is 17.6. The molecule has 1 aliphatic rings. The van der Waals surface area contributed by atoms with Gasteiger partial charge >= 0.3 is 6.03 Å². The fraction of sp³-hybridized carbons (Fsp3) is 0.348. The standard InChI is InChI=1S/C23H27N3O4/c1-4-13-23(18-10-6-5-7-11-18)21(28)26(22(29)24-23)16-20(27)25(2)15-17-9-8-12-19(14-17)30-3/h5-12,14H,4,13,15-16H2,1-3H3,(H,24,29). The first kappa shape index (κ1) is 21.4. The molecule has 0 radical (unpaired) electrons. The Morgan fingerprint density at radius 3 is 2.53 bits per heavy atom. The number of imide groups is 1. The number of hydrogen-bond acceptors (Lipinski definition) is 4. The van der Waals surface area contributed by atoms with Crippen LogP contribution in [0.5, 0.6) is 5.75 Å². The second-order valence-corrected chi connectivity index (χ2v) is 7.44. The third kappa shape index (κ3) is 4.15. The van der Waals surface area contributed by atoms with Gasteiger partial charge in [0.05, 0.1) is 7.11 Å². The van der Waals surface area contributed by atoms with Gasteiger partial charge in [-0.3, -0.25) is 14.5 Å². The van der Waals surface area contributed by atoms with E-state index in [1.807, 2.05) is 61.5 Å². The average Bonchev–Trinajstić information content (AvgIpc) is 2.99. The van der Waals surface area contributed by atoms with Gasteiger partial charge < -0.3 is 15.0 Å². The second kappa shape index (κ2) is 8.98. The third-order valence-corrected chi connectivity index (χ3v) is 5.34. The number of ether oxygens (including phenoxy) is 1. The Balaban J connectivity index is 1.75. The Hall–Kier alpha value is -3.35. The quantitative estimate of drug-likeness (QED) is 0.680. The summed E-state index contributed by atoms with van der Waals surface area (Å²) in [6.07, 6.45) is 1.17. The van der Waals surface area contributed by atoms with Crippen molar-refractivity contribution < 1.29 is 19.1 Å². The van der Waals surface area contributed by atoms with E-state index in [-0.39, 0.29) is 18.4 Å². The van der Waals surface area contributed by atoms with Crippen LogP contribution >= 0.6 is 0 Å². The molecular weight excluding hydrogens is 382 g/mol. The van der Waals surface area contributed by atoms with Crippen molar-refractivity contribution in [1.82, 2.24) is 15.1 Å². The van der Waals surface area contributed by atoms with Crippen LogP contribution in [0, 0.1) is 0 Å². The number of nitrogens with zero attached hydrogens (tertiary/aromatic N) is 2. The summed E-state index contributed by atoms with van der Waals surface area (Å²) >= 11 is 0. The minimum Gasteiger partial charge on any atom is -0.497 e. The Bertz CT molecular complexity index is 931. The molecule has 1 aliphatic heterocycles. The van der Waals surface area contributed by atoms with E-state index in [0.29, 0.717) is 25.1 Å². The van der Waals surface area contributed by atoms with E-state index in [0.717, 1.165) is 16.0 Å². The summed E-state index contributed by atoms with van der Waals surface area (Å²) in [6, 6.07) is 16.1. The summed E-state index contributed by atoms with van der Waals surface area (Å²) in [4.78, 5) is 41.2. The van der Waals surface area contributed by atoms with Crippen molar-refractivity contribution in [2.24, 2.45) is 0 Å². The van der Waals surface area contributed by atoms with Crippen LogP contribution in [0.25, 0.3) is 0 Å². The number of hydrogen-bond donors (Lipinski definition) is 1. The highest BCUT2D eigenvalue weighted by Crippen LogP contribution is 2.33. The molecule has 0 aromatic heterocycles. The van der Waals surface area contributed by atoms with Crippen LogP contribution in [0.3, 0.4) is 0 Å². The number of rotatable bonds is 8. The van der Waals surface area contributed by atoms with Crippen molar-refractivity contribution in [3.8, 4) is 5.75 Å². The molecule has 2 aromatic carbocycles. The van der Waals surface area contributed by atoms with Gasteiger partial charge in [0.1, 0.15) is 17.8 Å². The van der Waals surface area contributed by atoms with Gasteiger partial charge in [0.25, 0.3) is 5.91 Å². The SMILES string of the molecule is CCCC1(c2ccccc2)NC(=O)N(CC(=O)N(C)Cc2cccc(OC)c2)C1=O. The Morgan fingerprint density at radius 1 is 1.13 bits per heavy atom. The maximum absolute atomic E-state index is 13.3. The van der Waals surface area contributed by atoms with Gasteiger partial charge in [0.15, 0.2) is 0 Å². The molecule has 0 spiro atoms. The lowest BCUT2D eigenvalue weighted by Gasteiger charge is -2.27. The van der Waals surface area contributed by atoms with Crippen LogP contribution in [0.1, 0.15) is 30.9 Å². The predicted octanol–water partition coefficient (Wildman–Crippen LogP) is 2.90. The van der Waals surface area contributed by atoms with Crippen LogP contribution in [-0.2, 0) is 21.7 Å². The third-order valence-electron chi connectivity index (χ3n) is 5.34. The predicted molar refractivity (Wildman–Crippen MR) is 113 cm³/mol. The number of methoxy groups -OCH3 is 1. The molecule has 1 heterocycles. The Morgan fingerprint density at radius 2 is 1.87 bits per heavy atom. The second-order valence-electron chi connectivity index (χ2n) is 7.44. The van der Waals surface area contributed by atoms with Gasteiger partial charge in [0.2, 0.25) is 5.91 Å². The van der Waals surface area contributed by atoms with Crippen molar-refractivity contribution in [3.05, 3.63) is 65.7 Å². The van der Waals surface area contributed by atoms with Crippen molar-refractivity contribution in [3.63, 3.8) is 0 Å². The molecule has 4 amide bonds. The monoisotopic (exact) mass is 409 g/mol. The highest BCUT2D eigenvalue weighted by molar-refractivity contribution is 6.09. The zero-order valence-corrected chi connectivity index (χ0v) is 17.6. The first-order chi connectivity index (χ1) is 14.4. The summed E-state index contributed by atoms with van der Waals surface area (Å²) in [7, 11) is 3.23. The molecular formula is C23H27N3O4. The molecule has 30 heavy (non-hydrogen) atoms. The molecule has 7 heteroatoms. The number of benzene rings is 2. The molecule has 1 N–H and O–H groups in total. The van der Waals surface area contributed by atoms with Gasteiger partial charge in [0, 0.05) is 13.6 Å². The summed E-state index contributed by atoms with van der Waals surface area (Å²) in [5.74, 6) is 0.0000168. The van der Waals surface area contributed by atoms with Crippen LogP contribution in [0.2, 0.25) is 0 Å². The first-order valence-electron chi connectivity index (χ1n) is 9.98. The molecule has 0 bridgehead atoms. The van der Waals surface area contributed by atoms with Crippen LogP contribution in [-0.4, -0.2) is 48.3 Å². The van der Waals surface area contributed by atoms with E-state index in [2.05, 4.69) is 5.32 Å². The molecule has 1 atom stereocenters. The maximum atomic E-state index is 13.3. The van der Waals surface area contributed by atoms with Gasteiger partial charge in [-0.1, -0.05) is 55.8 Å². The summed E-state index contributed by atoms with van der Waals surface area (Å²) in [5.41, 5.74) is 0.496. The highest BCUT2D eigenvalue weighted by atomic mass is 16.5. The van der Waals surface area contributed by atoms with Crippen LogP contribution in [0.15, 0.2) is 54.6 Å². The number of likely N-dealkylation sites (N-methyl/N-ethyl adjacent to an activating group) is 1. The number of nitrogens with one attached hydrogen (secondary N) is 1. The maximum Gasteiger partial charge on any atom is 0.325 e.